The quantitative estimate of drug-likeness (QED) is 0.642. The van der Waals surface area contributed by atoms with Crippen LogP contribution in [0, 0.1) is 5.92 Å². The van der Waals surface area contributed by atoms with Crippen LogP contribution in [0.4, 0.5) is 5.69 Å². The number of para-hydroxylation sites is 1. The first kappa shape index (κ1) is 14.2. The number of carbonyl (C=O) groups excluding carboxylic acids is 1. The molecule has 0 aliphatic heterocycles. The number of benzene rings is 1. The van der Waals surface area contributed by atoms with Gasteiger partial charge in [0.25, 0.3) is 5.91 Å². The van der Waals surface area contributed by atoms with Gasteiger partial charge in [0, 0.05) is 6.04 Å². The Morgan fingerprint density at radius 3 is 2.84 bits per heavy atom. The van der Waals surface area contributed by atoms with E-state index in [0.29, 0.717) is 22.2 Å². The van der Waals surface area contributed by atoms with E-state index in [2.05, 4.69) is 12.2 Å². The van der Waals surface area contributed by atoms with Crippen molar-refractivity contribution in [3.05, 3.63) is 28.8 Å². The standard InChI is InChI=1S/C15H21ClN2O/c1-10-6-3-2-4-9-13(10)18-15(19)11-7-5-8-12(16)14(11)17/h5,7-8,10,13H,2-4,6,9,17H2,1H3,(H,18,19). The van der Waals surface area contributed by atoms with E-state index in [1.165, 1.54) is 25.7 Å². The van der Waals surface area contributed by atoms with Crippen LogP contribution in [0.2, 0.25) is 5.02 Å². The number of carbonyl (C=O) groups is 1. The number of amides is 1. The summed E-state index contributed by atoms with van der Waals surface area (Å²) in [5.74, 6) is 0.408. The molecule has 2 rings (SSSR count). The predicted octanol–water partition coefficient (Wildman–Crippen LogP) is 3.62. The van der Waals surface area contributed by atoms with Gasteiger partial charge in [-0.15, -0.1) is 0 Å². The number of nitrogens with two attached hydrogens (primary N) is 1. The van der Waals surface area contributed by atoms with Crippen LogP contribution in [0.1, 0.15) is 49.4 Å². The summed E-state index contributed by atoms with van der Waals surface area (Å²) < 4.78 is 0. The molecule has 104 valence electrons. The summed E-state index contributed by atoms with van der Waals surface area (Å²) in [6.07, 6.45) is 5.92. The summed E-state index contributed by atoms with van der Waals surface area (Å²) in [5, 5.41) is 3.55. The molecule has 1 amide bonds. The largest absolute Gasteiger partial charge is 0.397 e. The summed E-state index contributed by atoms with van der Waals surface area (Å²) in [6, 6.07) is 5.41. The maximum atomic E-state index is 12.3. The Labute approximate surface area is 119 Å². The van der Waals surface area contributed by atoms with E-state index in [9.17, 15) is 4.79 Å². The third-order valence-corrected chi connectivity index (χ3v) is 4.31. The fourth-order valence-electron chi connectivity index (χ4n) is 2.69. The molecule has 4 heteroatoms. The van der Waals surface area contributed by atoms with Gasteiger partial charge in [-0.1, -0.05) is 43.9 Å². The van der Waals surface area contributed by atoms with Crippen LogP contribution in [0.25, 0.3) is 0 Å². The van der Waals surface area contributed by atoms with Crippen molar-refractivity contribution in [2.45, 2.75) is 45.1 Å². The molecule has 0 heterocycles. The average molecular weight is 281 g/mol. The van der Waals surface area contributed by atoms with Crippen LogP contribution < -0.4 is 11.1 Å². The normalized spacial score (nSPS) is 23.7. The van der Waals surface area contributed by atoms with Gasteiger partial charge in [-0.3, -0.25) is 4.79 Å². The van der Waals surface area contributed by atoms with Crippen LogP contribution in [0.3, 0.4) is 0 Å². The number of halogens is 1. The van der Waals surface area contributed by atoms with Crippen molar-refractivity contribution in [1.29, 1.82) is 0 Å². The fourth-order valence-corrected chi connectivity index (χ4v) is 2.86. The molecule has 3 nitrogen and oxygen atoms in total. The highest BCUT2D eigenvalue weighted by Gasteiger charge is 2.23. The summed E-state index contributed by atoms with van der Waals surface area (Å²) in [5.41, 5.74) is 6.70. The maximum Gasteiger partial charge on any atom is 0.253 e. The highest BCUT2D eigenvalue weighted by Crippen LogP contribution is 2.25. The average Bonchev–Trinajstić information content (AvgIpc) is 2.58. The molecule has 3 N–H and O–H groups in total. The molecule has 1 aromatic carbocycles. The molecule has 1 aliphatic rings. The number of nitrogens with one attached hydrogen (secondary N) is 1. The molecule has 1 aromatic rings. The number of hydrogen-bond donors (Lipinski definition) is 2. The van der Waals surface area contributed by atoms with Crippen molar-refractivity contribution in [3.63, 3.8) is 0 Å². The second-order valence-electron chi connectivity index (χ2n) is 5.40. The van der Waals surface area contributed by atoms with E-state index in [-0.39, 0.29) is 11.9 Å². The van der Waals surface area contributed by atoms with E-state index in [0.717, 1.165) is 6.42 Å². The Kier molecular flexibility index (Phi) is 4.70. The fraction of sp³-hybridized carbons (Fsp3) is 0.533. The molecular formula is C15H21ClN2O. The summed E-state index contributed by atoms with van der Waals surface area (Å²) in [6.45, 7) is 2.21. The van der Waals surface area contributed by atoms with E-state index >= 15 is 0 Å². The van der Waals surface area contributed by atoms with Gasteiger partial charge >= 0.3 is 0 Å². The van der Waals surface area contributed by atoms with Crippen molar-refractivity contribution in [1.82, 2.24) is 5.32 Å². The first-order valence-electron chi connectivity index (χ1n) is 6.94. The van der Waals surface area contributed by atoms with Crippen LogP contribution in [-0.2, 0) is 0 Å². The van der Waals surface area contributed by atoms with Crippen LogP contribution >= 0.6 is 11.6 Å². The minimum Gasteiger partial charge on any atom is -0.397 e. The lowest BCUT2D eigenvalue weighted by Crippen LogP contribution is -2.39. The molecule has 0 spiro atoms. The zero-order chi connectivity index (χ0) is 13.8. The van der Waals surface area contributed by atoms with E-state index in [1.807, 2.05) is 0 Å². The third kappa shape index (κ3) is 3.41. The van der Waals surface area contributed by atoms with Crippen molar-refractivity contribution in [2.75, 3.05) is 5.73 Å². The minimum absolute atomic E-state index is 0.112. The van der Waals surface area contributed by atoms with Crippen LogP contribution in [0.15, 0.2) is 18.2 Å². The monoisotopic (exact) mass is 280 g/mol. The molecule has 0 saturated heterocycles. The zero-order valence-corrected chi connectivity index (χ0v) is 12.0. The van der Waals surface area contributed by atoms with Crippen LogP contribution in [0.5, 0.6) is 0 Å². The lowest BCUT2D eigenvalue weighted by molar-refractivity contribution is 0.0922. The number of anilines is 1. The van der Waals surface area contributed by atoms with Gasteiger partial charge in [0.2, 0.25) is 0 Å². The lowest BCUT2D eigenvalue weighted by Gasteiger charge is -2.23. The first-order chi connectivity index (χ1) is 9.09. The number of hydrogen-bond acceptors (Lipinski definition) is 2. The molecule has 2 atom stereocenters. The summed E-state index contributed by atoms with van der Waals surface area (Å²) in [7, 11) is 0. The van der Waals surface area contributed by atoms with Crippen molar-refractivity contribution in [3.8, 4) is 0 Å². The van der Waals surface area contributed by atoms with E-state index in [1.54, 1.807) is 18.2 Å². The number of nitrogen functional groups attached to an aromatic ring is 1. The Morgan fingerprint density at radius 2 is 2.05 bits per heavy atom. The second-order valence-corrected chi connectivity index (χ2v) is 5.80. The zero-order valence-electron chi connectivity index (χ0n) is 11.3. The number of rotatable bonds is 2. The summed E-state index contributed by atoms with van der Waals surface area (Å²) in [4.78, 5) is 12.3. The SMILES string of the molecule is CC1CCCCCC1NC(=O)c1cccc(Cl)c1N. The predicted molar refractivity (Wildman–Crippen MR) is 79.4 cm³/mol. The molecular weight excluding hydrogens is 260 g/mol. The lowest BCUT2D eigenvalue weighted by atomic mass is 9.96. The van der Waals surface area contributed by atoms with Crippen LogP contribution in [-0.4, -0.2) is 11.9 Å². The van der Waals surface area contributed by atoms with E-state index < -0.39 is 0 Å². The Bertz CT molecular complexity index is 461. The van der Waals surface area contributed by atoms with Crippen molar-refractivity contribution < 1.29 is 4.79 Å². The van der Waals surface area contributed by atoms with Gasteiger partial charge in [0.15, 0.2) is 0 Å². The van der Waals surface area contributed by atoms with Gasteiger partial charge in [-0.25, -0.2) is 0 Å². The van der Waals surface area contributed by atoms with Gasteiger partial charge < -0.3 is 11.1 Å². The molecule has 1 saturated carbocycles. The van der Waals surface area contributed by atoms with Gasteiger partial charge in [-0.2, -0.15) is 0 Å². The Balaban J connectivity index is 2.09. The highest BCUT2D eigenvalue weighted by molar-refractivity contribution is 6.33. The molecule has 0 radical (unpaired) electrons. The van der Waals surface area contributed by atoms with E-state index in [4.69, 9.17) is 17.3 Å². The topological polar surface area (TPSA) is 55.1 Å². The van der Waals surface area contributed by atoms with Gasteiger partial charge in [0.1, 0.15) is 0 Å². The molecule has 0 aromatic heterocycles. The van der Waals surface area contributed by atoms with Crippen molar-refractivity contribution >= 4 is 23.2 Å². The molecule has 1 fully saturated rings. The van der Waals surface area contributed by atoms with Gasteiger partial charge in [0.05, 0.1) is 16.3 Å². The maximum absolute atomic E-state index is 12.3. The first-order valence-corrected chi connectivity index (χ1v) is 7.32. The molecule has 19 heavy (non-hydrogen) atoms. The Morgan fingerprint density at radius 1 is 1.32 bits per heavy atom. The molecule has 2 unspecified atom stereocenters. The van der Waals surface area contributed by atoms with Gasteiger partial charge in [-0.05, 0) is 30.9 Å². The third-order valence-electron chi connectivity index (χ3n) is 3.98. The Hall–Kier alpha value is -1.22. The van der Waals surface area contributed by atoms with Crippen molar-refractivity contribution in [2.24, 2.45) is 5.92 Å². The summed E-state index contributed by atoms with van der Waals surface area (Å²) >= 11 is 5.95. The molecule has 1 aliphatic carbocycles. The highest BCUT2D eigenvalue weighted by atomic mass is 35.5. The minimum atomic E-state index is -0.112. The second kappa shape index (κ2) is 6.29. The smallest absolute Gasteiger partial charge is 0.253 e. The molecule has 0 bridgehead atoms.